The number of hydrogen-bond donors (Lipinski definition) is 1. The quantitative estimate of drug-likeness (QED) is 0.799. The van der Waals surface area contributed by atoms with Crippen molar-refractivity contribution in [2.24, 2.45) is 0 Å². The standard InChI is InChI=1S/C15H15N5S/c1-10(2)20-15-12(6-19-20)4-13(7-18-15)17-8-14-3-11(5-16)9-21-14/h3-4,6-7,9-10,17H,8H2,1-2H3. The predicted molar refractivity (Wildman–Crippen MR) is 84.3 cm³/mol. The molecule has 3 heterocycles. The molecule has 0 saturated carbocycles. The van der Waals surface area contributed by atoms with Gasteiger partial charge in [-0.25, -0.2) is 9.67 Å². The number of nitrogens with zero attached hydrogens (tertiary/aromatic N) is 4. The highest BCUT2D eigenvalue weighted by Crippen LogP contribution is 2.20. The number of pyridine rings is 1. The Bertz CT molecular complexity index is 809. The molecule has 0 radical (unpaired) electrons. The van der Waals surface area contributed by atoms with Crippen LogP contribution in [-0.4, -0.2) is 14.8 Å². The first-order valence-corrected chi connectivity index (χ1v) is 7.60. The fraction of sp³-hybridized carbons (Fsp3) is 0.267. The second-order valence-electron chi connectivity index (χ2n) is 5.09. The molecule has 0 aliphatic carbocycles. The van der Waals surface area contributed by atoms with Gasteiger partial charge in [0.25, 0.3) is 0 Å². The molecule has 0 aliphatic heterocycles. The fourth-order valence-electron chi connectivity index (χ4n) is 2.14. The third-order valence-corrected chi connectivity index (χ3v) is 4.11. The molecule has 5 nitrogen and oxygen atoms in total. The number of aromatic nitrogens is 3. The molecule has 21 heavy (non-hydrogen) atoms. The molecular formula is C15H15N5S. The Morgan fingerprint density at radius 1 is 1.38 bits per heavy atom. The van der Waals surface area contributed by atoms with Crippen LogP contribution in [-0.2, 0) is 6.54 Å². The van der Waals surface area contributed by atoms with Gasteiger partial charge in [0.1, 0.15) is 6.07 Å². The monoisotopic (exact) mass is 297 g/mol. The summed E-state index contributed by atoms with van der Waals surface area (Å²) >= 11 is 1.58. The SMILES string of the molecule is CC(C)n1ncc2cc(NCc3cc(C#N)cs3)cnc21. The van der Waals surface area contributed by atoms with E-state index in [-0.39, 0.29) is 0 Å². The average molecular weight is 297 g/mol. The molecule has 1 N–H and O–H groups in total. The average Bonchev–Trinajstić information content (AvgIpc) is 3.11. The normalized spacial score (nSPS) is 11.0. The van der Waals surface area contributed by atoms with Crippen LogP contribution in [0.15, 0.2) is 29.9 Å². The summed E-state index contributed by atoms with van der Waals surface area (Å²) in [7, 11) is 0. The lowest BCUT2D eigenvalue weighted by Crippen LogP contribution is -2.03. The number of nitrogens with one attached hydrogen (secondary N) is 1. The Balaban J connectivity index is 1.77. The molecule has 0 amide bonds. The molecule has 3 rings (SSSR count). The Labute approximate surface area is 126 Å². The molecule has 6 heteroatoms. The second-order valence-corrected chi connectivity index (χ2v) is 6.08. The van der Waals surface area contributed by atoms with Crippen LogP contribution in [0.2, 0.25) is 0 Å². The van der Waals surface area contributed by atoms with Crippen LogP contribution in [0.1, 0.15) is 30.3 Å². The highest BCUT2D eigenvalue weighted by atomic mass is 32.1. The third kappa shape index (κ3) is 2.73. The topological polar surface area (TPSA) is 66.5 Å². The number of nitriles is 1. The van der Waals surface area contributed by atoms with Crippen LogP contribution in [0.25, 0.3) is 11.0 Å². The molecule has 0 atom stereocenters. The molecule has 0 saturated heterocycles. The Morgan fingerprint density at radius 3 is 2.95 bits per heavy atom. The van der Waals surface area contributed by atoms with Crippen LogP contribution in [0.4, 0.5) is 5.69 Å². The highest BCUT2D eigenvalue weighted by molar-refractivity contribution is 7.10. The van der Waals surface area contributed by atoms with Crippen LogP contribution in [0.5, 0.6) is 0 Å². The summed E-state index contributed by atoms with van der Waals surface area (Å²) in [5.41, 5.74) is 2.57. The number of fused-ring (bicyclic) bond motifs is 1. The largest absolute Gasteiger partial charge is 0.379 e. The predicted octanol–water partition coefficient (Wildman–Crippen LogP) is 3.56. The lowest BCUT2D eigenvalue weighted by Gasteiger charge is -2.07. The Kier molecular flexibility index (Phi) is 3.59. The van der Waals surface area contributed by atoms with Crippen LogP contribution in [0.3, 0.4) is 0 Å². The van der Waals surface area contributed by atoms with Gasteiger partial charge in [-0.3, -0.25) is 0 Å². The summed E-state index contributed by atoms with van der Waals surface area (Å²) in [5.74, 6) is 0. The minimum atomic E-state index is 0.296. The summed E-state index contributed by atoms with van der Waals surface area (Å²) in [6.45, 7) is 4.87. The van der Waals surface area contributed by atoms with Gasteiger partial charge in [-0.1, -0.05) is 0 Å². The lowest BCUT2D eigenvalue weighted by molar-refractivity contribution is 0.546. The van der Waals surface area contributed by atoms with E-state index in [9.17, 15) is 0 Å². The minimum Gasteiger partial charge on any atom is -0.379 e. The molecule has 0 spiro atoms. The first kappa shape index (κ1) is 13.6. The van der Waals surface area contributed by atoms with Crippen LogP contribution >= 0.6 is 11.3 Å². The van der Waals surface area contributed by atoms with Gasteiger partial charge in [0.05, 0.1) is 23.6 Å². The van der Waals surface area contributed by atoms with Crippen molar-refractivity contribution < 1.29 is 0 Å². The van der Waals surface area contributed by atoms with Crippen molar-refractivity contribution in [1.82, 2.24) is 14.8 Å². The summed E-state index contributed by atoms with van der Waals surface area (Å²) in [4.78, 5) is 5.61. The summed E-state index contributed by atoms with van der Waals surface area (Å²) in [6, 6.07) is 6.39. The van der Waals surface area contributed by atoms with Gasteiger partial charge in [0, 0.05) is 28.2 Å². The van der Waals surface area contributed by atoms with E-state index in [1.807, 2.05) is 34.6 Å². The van der Waals surface area contributed by atoms with Crippen LogP contribution < -0.4 is 5.32 Å². The first-order valence-electron chi connectivity index (χ1n) is 6.72. The maximum absolute atomic E-state index is 8.82. The molecule has 106 valence electrons. The van der Waals surface area contributed by atoms with Gasteiger partial charge in [-0.05, 0) is 26.0 Å². The summed E-state index contributed by atoms with van der Waals surface area (Å²) in [5, 5.41) is 19.4. The van der Waals surface area contributed by atoms with Gasteiger partial charge in [-0.15, -0.1) is 11.3 Å². The van der Waals surface area contributed by atoms with Crippen molar-refractivity contribution in [2.45, 2.75) is 26.4 Å². The second kappa shape index (κ2) is 5.54. The van der Waals surface area contributed by atoms with Gasteiger partial charge in [0.2, 0.25) is 0 Å². The number of hydrogen-bond acceptors (Lipinski definition) is 5. The van der Waals surface area contributed by atoms with Crippen LogP contribution in [0, 0.1) is 11.3 Å². The molecule has 0 unspecified atom stereocenters. The number of anilines is 1. The Morgan fingerprint density at radius 2 is 2.24 bits per heavy atom. The van der Waals surface area contributed by atoms with E-state index in [0.717, 1.165) is 21.6 Å². The summed E-state index contributed by atoms with van der Waals surface area (Å²) in [6.07, 6.45) is 3.66. The van der Waals surface area contributed by atoms with Crippen molar-refractivity contribution in [2.75, 3.05) is 5.32 Å². The number of thiophene rings is 1. The molecular weight excluding hydrogens is 282 g/mol. The van der Waals surface area contributed by atoms with Gasteiger partial charge < -0.3 is 5.32 Å². The molecule has 0 fully saturated rings. The van der Waals surface area contributed by atoms with E-state index >= 15 is 0 Å². The zero-order chi connectivity index (χ0) is 14.8. The van der Waals surface area contributed by atoms with Gasteiger partial charge in [0.15, 0.2) is 5.65 Å². The molecule has 0 bridgehead atoms. The minimum absolute atomic E-state index is 0.296. The van der Waals surface area contributed by atoms with Gasteiger partial charge >= 0.3 is 0 Å². The van der Waals surface area contributed by atoms with Gasteiger partial charge in [-0.2, -0.15) is 10.4 Å². The van der Waals surface area contributed by atoms with E-state index in [4.69, 9.17) is 5.26 Å². The van der Waals surface area contributed by atoms with Crippen molar-refractivity contribution in [1.29, 1.82) is 5.26 Å². The van der Waals surface area contributed by atoms with E-state index in [2.05, 4.69) is 35.3 Å². The van der Waals surface area contributed by atoms with E-state index in [0.29, 0.717) is 18.2 Å². The molecule has 3 aromatic heterocycles. The third-order valence-electron chi connectivity index (χ3n) is 3.17. The van der Waals surface area contributed by atoms with E-state index in [1.165, 1.54) is 0 Å². The smallest absolute Gasteiger partial charge is 0.158 e. The Hall–Kier alpha value is -2.39. The van der Waals surface area contributed by atoms with E-state index in [1.54, 1.807) is 11.3 Å². The zero-order valence-corrected chi connectivity index (χ0v) is 12.7. The lowest BCUT2D eigenvalue weighted by atomic mass is 10.3. The fourth-order valence-corrected chi connectivity index (χ4v) is 2.89. The van der Waals surface area contributed by atoms with Crippen molar-refractivity contribution in [3.63, 3.8) is 0 Å². The first-order chi connectivity index (χ1) is 10.2. The maximum atomic E-state index is 8.82. The molecule has 0 aliphatic rings. The maximum Gasteiger partial charge on any atom is 0.158 e. The number of rotatable bonds is 4. The molecule has 0 aromatic carbocycles. The highest BCUT2D eigenvalue weighted by Gasteiger charge is 2.08. The summed E-state index contributed by atoms with van der Waals surface area (Å²) < 4.78 is 1.91. The van der Waals surface area contributed by atoms with Crippen molar-refractivity contribution >= 4 is 28.1 Å². The van der Waals surface area contributed by atoms with Crippen molar-refractivity contribution in [3.8, 4) is 6.07 Å². The van der Waals surface area contributed by atoms with E-state index < -0.39 is 0 Å². The van der Waals surface area contributed by atoms with Crippen molar-refractivity contribution in [3.05, 3.63) is 40.3 Å². The zero-order valence-electron chi connectivity index (χ0n) is 11.9. The molecule has 3 aromatic rings.